The first-order valence-corrected chi connectivity index (χ1v) is 8.21. The van der Waals surface area contributed by atoms with Crippen LogP contribution in [0, 0.1) is 18.8 Å². The van der Waals surface area contributed by atoms with E-state index in [1.165, 1.54) is 6.92 Å². The van der Waals surface area contributed by atoms with Crippen LogP contribution in [0.2, 0.25) is 0 Å². The lowest BCUT2D eigenvalue weighted by Gasteiger charge is -2.37. The van der Waals surface area contributed by atoms with Crippen molar-refractivity contribution in [2.75, 3.05) is 14.2 Å². The molecular formula is C18H18F3NO6. The number of carbonyl (C=O) groups excluding carboxylic acids is 4. The van der Waals surface area contributed by atoms with Gasteiger partial charge in [0.1, 0.15) is 11.6 Å². The van der Waals surface area contributed by atoms with Gasteiger partial charge in [-0.05, 0) is 19.1 Å². The lowest BCUT2D eigenvalue weighted by Crippen LogP contribution is -2.60. The van der Waals surface area contributed by atoms with Crippen molar-refractivity contribution in [3.63, 3.8) is 0 Å². The van der Waals surface area contributed by atoms with Crippen LogP contribution in [0.5, 0.6) is 0 Å². The minimum absolute atomic E-state index is 0.292. The Kier molecular flexibility index (Phi) is 5.74. The van der Waals surface area contributed by atoms with Crippen molar-refractivity contribution in [2.45, 2.75) is 32.0 Å². The monoisotopic (exact) mass is 401 g/mol. The number of Topliss-reactive ketones (excluding diaryl/α,β-unsaturated/α-hetero) is 3. The lowest BCUT2D eigenvalue weighted by atomic mass is 9.68. The fourth-order valence-electron chi connectivity index (χ4n) is 3.28. The second-order valence-electron chi connectivity index (χ2n) is 6.52. The maximum atomic E-state index is 12.9. The van der Waals surface area contributed by atoms with Crippen LogP contribution in [0.25, 0.3) is 0 Å². The van der Waals surface area contributed by atoms with Crippen molar-refractivity contribution in [2.24, 2.45) is 11.8 Å². The molecule has 0 aliphatic heterocycles. The second-order valence-corrected chi connectivity index (χ2v) is 6.52. The summed E-state index contributed by atoms with van der Waals surface area (Å²) in [6.07, 6.45) is -5.02. The average Bonchev–Trinajstić information content (AvgIpc) is 2.63. The number of aryl methyl sites for hydroxylation is 1. The Balaban J connectivity index is 2.52. The fraction of sp³-hybridized carbons (Fsp3) is 0.500. The summed E-state index contributed by atoms with van der Waals surface area (Å²) in [5.41, 5.74) is -3.96. The predicted molar refractivity (Wildman–Crippen MR) is 87.3 cm³/mol. The standard InChI is InChI=1S/C18H18F3NO6/c1-8-7-17(28-4,16(26)27-3)15(25)12(13(8)23)14(24)10-5-6-11(18(19,20)21)22-9(10)2/h5-6,8,12H,7H2,1-4H3. The Morgan fingerprint density at radius 2 is 1.82 bits per heavy atom. The van der Waals surface area contributed by atoms with Crippen molar-refractivity contribution < 1.29 is 41.8 Å². The number of methoxy groups -OCH3 is 2. The van der Waals surface area contributed by atoms with Gasteiger partial charge in [0.15, 0.2) is 17.3 Å². The van der Waals surface area contributed by atoms with Crippen molar-refractivity contribution in [1.29, 1.82) is 0 Å². The number of halogens is 3. The van der Waals surface area contributed by atoms with E-state index in [2.05, 4.69) is 9.72 Å². The van der Waals surface area contributed by atoms with E-state index in [1.807, 2.05) is 0 Å². The fourth-order valence-corrected chi connectivity index (χ4v) is 3.28. The molecule has 2 rings (SSSR count). The van der Waals surface area contributed by atoms with Crippen LogP contribution >= 0.6 is 0 Å². The van der Waals surface area contributed by atoms with Crippen LogP contribution in [0.1, 0.15) is 35.1 Å². The van der Waals surface area contributed by atoms with Gasteiger partial charge in [0, 0.05) is 30.7 Å². The summed E-state index contributed by atoms with van der Waals surface area (Å²) >= 11 is 0. The van der Waals surface area contributed by atoms with Crippen molar-refractivity contribution in [3.8, 4) is 0 Å². The summed E-state index contributed by atoms with van der Waals surface area (Å²) in [4.78, 5) is 53.9. The smallest absolute Gasteiger partial charge is 0.433 e. The van der Waals surface area contributed by atoms with Crippen LogP contribution in [-0.2, 0) is 30.0 Å². The maximum Gasteiger partial charge on any atom is 0.433 e. The van der Waals surface area contributed by atoms with E-state index in [0.29, 0.717) is 6.07 Å². The van der Waals surface area contributed by atoms with Gasteiger partial charge in [-0.25, -0.2) is 9.78 Å². The number of rotatable bonds is 4. The molecule has 1 saturated carbocycles. The number of ether oxygens (including phenoxy) is 2. The Labute approximate surface area is 158 Å². The Bertz CT molecular complexity index is 850. The second kappa shape index (κ2) is 7.42. The number of nitrogens with zero attached hydrogens (tertiary/aromatic N) is 1. The zero-order valence-corrected chi connectivity index (χ0v) is 15.5. The minimum Gasteiger partial charge on any atom is -0.467 e. The van der Waals surface area contributed by atoms with Gasteiger partial charge >= 0.3 is 12.1 Å². The van der Waals surface area contributed by atoms with E-state index >= 15 is 0 Å². The first-order valence-electron chi connectivity index (χ1n) is 8.21. The lowest BCUT2D eigenvalue weighted by molar-refractivity contribution is -0.179. The highest BCUT2D eigenvalue weighted by Crippen LogP contribution is 2.36. The summed E-state index contributed by atoms with van der Waals surface area (Å²) in [6, 6.07) is 1.45. The van der Waals surface area contributed by atoms with Crippen LogP contribution in [0.4, 0.5) is 13.2 Å². The molecule has 10 heteroatoms. The molecule has 152 valence electrons. The average molecular weight is 401 g/mol. The molecule has 0 saturated heterocycles. The third kappa shape index (κ3) is 3.44. The minimum atomic E-state index is -4.71. The molecule has 28 heavy (non-hydrogen) atoms. The molecule has 0 bridgehead atoms. The zero-order chi connectivity index (χ0) is 21.4. The third-order valence-electron chi connectivity index (χ3n) is 4.79. The van der Waals surface area contributed by atoms with Crippen molar-refractivity contribution in [1.82, 2.24) is 4.98 Å². The molecule has 3 unspecified atom stereocenters. The number of pyridine rings is 1. The van der Waals surface area contributed by atoms with Gasteiger partial charge in [-0.15, -0.1) is 0 Å². The van der Waals surface area contributed by atoms with Crippen LogP contribution in [0.3, 0.4) is 0 Å². The molecule has 1 aromatic rings. The Morgan fingerprint density at radius 1 is 1.21 bits per heavy atom. The molecule has 0 N–H and O–H groups in total. The predicted octanol–water partition coefficient (Wildman–Crippen LogP) is 1.94. The van der Waals surface area contributed by atoms with Crippen molar-refractivity contribution >= 4 is 23.3 Å². The molecule has 3 atom stereocenters. The van der Waals surface area contributed by atoms with Gasteiger partial charge in [0.05, 0.1) is 7.11 Å². The highest BCUT2D eigenvalue weighted by Gasteiger charge is 2.59. The van der Waals surface area contributed by atoms with Crippen LogP contribution in [-0.4, -0.2) is 48.1 Å². The number of hydrogen-bond acceptors (Lipinski definition) is 7. The number of hydrogen-bond donors (Lipinski definition) is 0. The molecule has 1 fully saturated rings. The van der Waals surface area contributed by atoms with E-state index in [9.17, 15) is 32.3 Å². The number of aromatic nitrogens is 1. The summed E-state index contributed by atoms with van der Waals surface area (Å²) in [7, 11) is 2.10. The molecule has 1 aromatic heterocycles. The van der Waals surface area contributed by atoms with E-state index in [4.69, 9.17) is 4.74 Å². The zero-order valence-electron chi connectivity index (χ0n) is 15.5. The molecule has 0 amide bonds. The molecule has 1 aliphatic rings. The van der Waals surface area contributed by atoms with E-state index in [1.54, 1.807) is 0 Å². The molecule has 7 nitrogen and oxygen atoms in total. The van der Waals surface area contributed by atoms with Crippen LogP contribution < -0.4 is 0 Å². The first kappa shape index (κ1) is 21.7. The summed E-state index contributed by atoms with van der Waals surface area (Å²) in [5, 5.41) is 0. The van der Waals surface area contributed by atoms with E-state index in [0.717, 1.165) is 27.2 Å². The first-order chi connectivity index (χ1) is 12.9. The third-order valence-corrected chi connectivity index (χ3v) is 4.79. The topological polar surface area (TPSA) is 99.6 Å². The normalized spacial score (nSPS) is 25.5. The Hall–Kier alpha value is -2.62. The van der Waals surface area contributed by atoms with Gasteiger partial charge in [0.25, 0.3) is 0 Å². The van der Waals surface area contributed by atoms with Gasteiger partial charge in [-0.2, -0.15) is 13.2 Å². The number of esters is 1. The van der Waals surface area contributed by atoms with Crippen molar-refractivity contribution in [3.05, 3.63) is 29.1 Å². The van der Waals surface area contributed by atoms with Crippen LogP contribution in [0.15, 0.2) is 12.1 Å². The van der Waals surface area contributed by atoms with Gasteiger partial charge < -0.3 is 9.47 Å². The summed E-state index contributed by atoms with van der Waals surface area (Å²) in [5.74, 6) is -6.74. The molecule has 0 spiro atoms. The highest BCUT2D eigenvalue weighted by molar-refractivity contribution is 6.31. The molecule has 0 radical (unpaired) electrons. The van der Waals surface area contributed by atoms with E-state index < -0.39 is 52.6 Å². The molecule has 0 aromatic carbocycles. The van der Waals surface area contributed by atoms with E-state index in [-0.39, 0.29) is 17.7 Å². The summed E-state index contributed by atoms with van der Waals surface area (Å²) < 4.78 is 48.0. The molecular weight excluding hydrogens is 383 g/mol. The Morgan fingerprint density at radius 3 is 2.29 bits per heavy atom. The van der Waals surface area contributed by atoms with Gasteiger partial charge in [0.2, 0.25) is 5.60 Å². The highest BCUT2D eigenvalue weighted by atomic mass is 19.4. The van der Waals surface area contributed by atoms with Gasteiger partial charge in [-0.1, -0.05) is 6.92 Å². The van der Waals surface area contributed by atoms with Gasteiger partial charge in [-0.3, -0.25) is 14.4 Å². The number of ketones is 3. The summed E-state index contributed by atoms with van der Waals surface area (Å²) in [6.45, 7) is 2.58. The quantitative estimate of drug-likeness (QED) is 0.432. The molecule has 1 heterocycles. The SMILES string of the molecule is COC(=O)C1(OC)CC(C)C(=O)C(C(=O)c2ccc(C(F)(F)F)nc2C)C1=O. The molecule has 1 aliphatic carbocycles. The maximum absolute atomic E-state index is 12.9. The number of carbonyl (C=O) groups is 4. The number of alkyl halides is 3. The largest absolute Gasteiger partial charge is 0.467 e.